The van der Waals surface area contributed by atoms with E-state index in [0.717, 1.165) is 24.3 Å². The molecule has 0 aliphatic carbocycles. The quantitative estimate of drug-likeness (QED) is 0.203. The minimum Gasteiger partial charge on any atom is -0.458 e. The van der Waals surface area contributed by atoms with Gasteiger partial charge in [0, 0.05) is 12.2 Å². The molecule has 0 aromatic heterocycles. The zero-order chi connectivity index (χ0) is 18.2. The molecule has 0 N–H and O–H groups in total. The maximum absolute atomic E-state index is 11.3. The number of nitrogens with zero attached hydrogens (tertiary/aromatic N) is 4. The lowest BCUT2D eigenvalue weighted by Gasteiger charge is -2.04. The van der Waals surface area contributed by atoms with Crippen LogP contribution in [0.15, 0.2) is 32.1 Å². The summed E-state index contributed by atoms with van der Waals surface area (Å²) in [6.07, 6.45) is 3.27. The third kappa shape index (κ3) is 10.0. The molecular formula is C12H8N4O8. The minimum atomic E-state index is -1.28. The van der Waals surface area contributed by atoms with E-state index >= 15 is 0 Å². The normalized spacial score (nSPS) is 11.5. The number of esters is 2. The lowest BCUT2D eigenvalue weighted by atomic mass is 10.5. The van der Waals surface area contributed by atoms with Gasteiger partial charge in [0.25, 0.3) is 0 Å². The van der Waals surface area contributed by atoms with Crippen LogP contribution in [0.4, 0.5) is 0 Å². The summed E-state index contributed by atoms with van der Waals surface area (Å²) >= 11 is 0. The Bertz CT molecular complexity index is 583. The lowest BCUT2D eigenvalue weighted by Crippen LogP contribution is -2.15. The molecule has 0 fully saturated rings. The highest BCUT2D eigenvalue weighted by atomic mass is 16.5. The van der Waals surface area contributed by atoms with Crippen molar-refractivity contribution in [3.05, 3.63) is 12.2 Å². The predicted molar refractivity (Wildman–Crippen MR) is 71.1 cm³/mol. The Balaban J connectivity index is 4.40. The second-order valence-corrected chi connectivity index (χ2v) is 3.44. The summed E-state index contributed by atoms with van der Waals surface area (Å²) in [5.41, 5.74) is 0. The van der Waals surface area contributed by atoms with Crippen molar-refractivity contribution in [1.29, 1.82) is 0 Å². The Morgan fingerprint density at radius 3 is 1.25 bits per heavy atom. The van der Waals surface area contributed by atoms with E-state index in [-0.39, 0.29) is 0 Å². The smallest absolute Gasteiger partial charge is 0.331 e. The molecule has 0 aromatic carbocycles. The first-order chi connectivity index (χ1) is 11.6. The number of ether oxygens (including phenoxy) is 2. The standard InChI is InChI=1S/C12H8N4O8/c17-5-13-9(14-6-18)3-23-11(21)1-2-12(22)24-4-10(15-7-19)16-8-20/h1-2,9-10H,3-4H2/b2-1+. The molecule has 24 heavy (non-hydrogen) atoms. The van der Waals surface area contributed by atoms with Gasteiger partial charge in [0.1, 0.15) is 13.2 Å². The van der Waals surface area contributed by atoms with E-state index in [1.54, 1.807) is 0 Å². The molecule has 0 saturated heterocycles. The number of isocyanates is 4. The van der Waals surface area contributed by atoms with E-state index in [2.05, 4.69) is 29.4 Å². The highest BCUT2D eigenvalue weighted by molar-refractivity contribution is 5.91. The van der Waals surface area contributed by atoms with Gasteiger partial charge in [0.2, 0.25) is 24.3 Å². The third-order valence-corrected chi connectivity index (χ3v) is 1.91. The second kappa shape index (κ2) is 12.9. The summed E-state index contributed by atoms with van der Waals surface area (Å²) in [6.45, 7) is -1.10. The van der Waals surface area contributed by atoms with E-state index in [0.29, 0.717) is 12.2 Å². The Kier molecular flexibility index (Phi) is 10.9. The van der Waals surface area contributed by atoms with Gasteiger partial charge >= 0.3 is 11.9 Å². The van der Waals surface area contributed by atoms with Crippen molar-refractivity contribution in [3.8, 4) is 0 Å². The Labute approximate surface area is 133 Å². The van der Waals surface area contributed by atoms with Crippen molar-refractivity contribution in [3.63, 3.8) is 0 Å². The summed E-state index contributed by atoms with van der Waals surface area (Å²) in [6, 6.07) is 0. The maximum Gasteiger partial charge on any atom is 0.331 e. The van der Waals surface area contributed by atoms with Crippen LogP contribution in [0.2, 0.25) is 0 Å². The zero-order valence-electron chi connectivity index (χ0n) is 11.8. The van der Waals surface area contributed by atoms with Gasteiger partial charge in [0.05, 0.1) is 0 Å². The topological polar surface area (TPSA) is 170 Å². The van der Waals surface area contributed by atoms with Crippen molar-refractivity contribution in [1.82, 2.24) is 0 Å². The van der Waals surface area contributed by atoms with Gasteiger partial charge in [-0.3, -0.25) is 0 Å². The van der Waals surface area contributed by atoms with Gasteiger partial charge in [-0.15, -0.1) is 0 Å². The maximum atomic E-state index is 11.3. The molecular weight excluding hydrogens is 328 g/mol. The number of carbonyl (C=O) groups excluding carboxylic acids is 6. The Morgan fingerprint density at radius 2 is 1.00 bits per heavy atom. The summed E-state index contributed by atoms with van der Waals surface area (Å²) in [7, 11) is 0. The third-order valence-electron chi connectivity index (χ3n) is 1.91. The summed E-state index contributed by atoms with van der Waals surface area (Å²) in [5.74, 6) is -2.04. The molecule has 12 nitrogen and oxygen atoms in total. The molecule has 0 aromatic rings. The number of rotatable bonds is 10. The molecule has 0 aliphatic rings. The molecule has 0 rings (SSSR count). The van der Waals surface area contributed by atoms with Gasteiger partial charge in [-0.1, -0.05) is 0 Å². The van der Waals surface area contributed by atoms with Crippen LogP contribution in [0.1, 0.15) is 0 Å². The van der Waals surface area contributed by atoms with Crippen molar-refractivity contribution >= 4 is 36.3 Å². The average Bonchev–Trinajstić information content (AvgIpc) is 2.56. The molecule has 124 valence electrons. The molecule has 0 amide bonds. The number of carbonyl (C=O) groups is 2. The average molecular weight is 336 g/mol. The molecule has 0 spiro atoms. The van der Waals surface area contributed by atoms with Crippen LogP contribution in [-0.4, -0.2) is 61.8 Å². The summed E-state index contributed by atoms with van der Waals surface area (Å²) in [4.78, 5) is 74.8. The van der Waals surface area contributed by atoms with Gasteiger partial charge < -0.3 is 9.47 Å². The highest BCUT2D eigenvalue weighted by Crippen LogP contribution is 1.96. The fourth-order valence-corrected chi connectivity index (χ4v) is 0.996. The van der Waals surface area contributed by atoms with E-state index in [4.69, 9.17) is 0 Å². The SMILES string of the molecule is O=C=NC(COC(=O)/C=C/C(=O)OCC(N=C=O)N=C=O)N=C=O. The molecule has 0 unspecified atom stereocenters. The molecule has 0 heterocycles. The Morgan fingerprint density at radius 1 is 0.708 bits per heavy atom. The van der Waals surface area contributed by atoms with E-state index in [1.807, 2.05) is 0 Å². The van der Waals surface area contributed by atoms with Gasteiger partial charge in [-0.05, 0) is 0 Å². The molecule has 0 saturated carbocycles. The van der Waals surface area contributed by atoms with Gasteiger partial charge in [-0.2, -0.15) is 20.0 Å². The van der Waals surface area contributed by atoms with Crippen LogP contribution in [0.5, 0.6) is 0 Å². The molecule has 12 heteroatoms. The van der Waals surface area contributed by atoms with Crippen LogP contribution >= 0.6 is 0 Å². The van der Waals surface area contributed by atoms with Crippen LogP contribution in [0, 0.1) is 0 Å². The minimum absolute atomic E-state index is 0.549. The van der Waals surface area contributed by atoms with E-state index < -0.39 is 37.5 Å². The monoisotopic (exact) mass is 336 g/mol. The molecule has 0 radical (unpaired) electrons. The lowest BCUT2D eigenvalue weighted by molar-refractivity contribution is -0.140. The highest BCUT2D eigenvalue weighted by Gasteiger charge is 2.10. The fraction of sp³-hybridized carbons (Fsp3) is 0.333. The summed E-state index contributed by atoms with van der Waals surface area (Å²) < 4.78 is 9.09. The first-order valence-corrected chi connectivity index (χ1v) is 5.86. The Hall–Kier alpha value is -3.80. The first kappa shape index (κ1) is 20.2. The molecule has 0 atom stereocenters. The first-order valence-electron chi connectivity index (χ1n) is 5.86. The van der Waals surface area contributed by atoms with E-state index in [9.17, 15) is 28.8 Å². The molecule has 0 aliphatic heterocycles. The van der Waals surface area contributed by atoms with Crippen molar-refractivity contribution in [2.75, 3.05) is 13.2 Å². The zero-order valence-corrected chi connectivity index (χ0v) is 11.8. The van der Waals surface area contributed by atoms with Crippen molar-refractivity contribution in [2.24, 2.45) is 20.0 Å². The van der Waals surface area contributed by atoms with Gasteiger partial charge in [0.15, 0.2) is 12.3 Å². The van der Waals surface area contributed by atoms with Crippen LogP contribution in [0.3, 0.4) is 0 Å². The molecule has 0 bridgehead atoms. The summed E-state index contributed by atoms with van der Waals surface area (Å²) in [5, 5.41) is 0. The van der Waals surface area contributed by atoms with Gasteiger partial charge in [-0.25, -0.2) is 28.8 Å². The predicted octanol–water partition coefficient (Wildman–Crippen LogP) is -1.38. The van der Waals surface area contributed by atoms with Crippen LogP contribution in [0.25, 0.3) is 0 Å². The second-order valence-electron chi connectivity index (χ2n) is 3.44. The number of hydrogen-bond donors (Lipinski definition) is 0. The van der Waals surface area contributed by atoms with Crippen LogP contribution < -0.4 is 0 Å². The largest absolute Gasteiger partial charge is 0.458 e. The van der Waals surface area contributed by atoms with Crippen molar-refractivity contribution < 1.29 is 38.2 Å². The number of aliphatic imine (C=N–C) groups is 4. The van der Waals surface area contributed by atoms with Crippen LogP contribution in [-0.2, 0) is 38.2 Å². The fourth-order valence-electron chi connectivity index (χ4n) is 0.996. The van der Waals surface area contributed by atoms with Crippen molar-refractivity contribution in [2.45, 2.75) is 12.3 Å². The number of hydrogen-bond acceptors (Lipinski definition) is 12. The van der Waals surface area contributed by atoms with E-state index in [1.165, 1.54) is 0 Å².